The standard InChI is InChI=1S/C16H17BrN2/c17-14-3-7-16(8-4-14)19-10-9-13(11-19)12-1-5-15(18)6-2-12/h1-8,13H,9-11,18H2. The molecule has 2 aromatic carbocycles. The average molecular weight is 317 g/mol. The molecule has 1 heterocycles. The van der Waals surface area contributed by atoms with E-state index in [1.54, 1.807) is 0 Å². The Morgan fingerprint density at radius 3 is 2.37 bits per heavy atom. The summed E-state index contributed by atoms with van der Waals surface area (Å²) in [7, 11) is 0. The number of halogens is 1. The van der Waals surface area contributed by atoms with Crippen LogP contribution in [0.1, 0.15) is 17.9 Å². The Morgan fingerprint density at radius 1 is 1.00 bits per heavy atom. The summed E-state index contributed by atoms with van der Waals surface area (Å²) in [6, 6.07) is 16.9. The number of nitrogens with zero attached hydrogens (tertiary/aromatic N) is 1. The van der Waals surface area contributed by atoms with Gasteiger partial charge in [0.2, 0.25) is 0 Å². The van der Waals surface area contributed by atoms with Gasteiger partial charge in [-0.05, 0) is 48.4 Å². The van der Waals surface area contributed by atoms with Gasteiger partial charge in [0.15, 0.2) is 0 Å². The fraction of sp³-hybridized carbons (Fsp3) is 0.250. The van der Waals surface area contributed by atoms with Gasteiger partial charge >= 0.3 is 0 Å². The SMILES string of the molecule is Nc1ccc(C2CCN(c3ccc(Br)cc3)C2)cc1. The molecule has 0 saturated carbocycles. The largest absolute Gasteiger partial charge is 0.399 e. The zero-order chi connectivity index (χ0) is 13.2. The maximum absolute atomic E-state index is 5.74. The third kappa shape index (κ3) is 2.76. The fourth-order valence-corrected chi connectivity index (χ4v) is 2.95. The van der Waals surface area contributed by atoms with Crippen molar-refractivity contribution in [2.45, 2.75) is 12.3 Å². The van der Waals surface area contributed by atoms with Gasteiger partial charge in [-0.1, -0.05) is 28.1 Å². The Hall–Kier alpha value is -1.48. The van der Waals surface area contributed by atoms with E-state index in [0.29, 0.717) is 5.92 Å². The molecular formula is C16H17BrN2. The monoisotopic (exact) mass is 316 g/mol. The van der Waals surface area contributed by atoms with E-state index < -0.39 is 0 Å². The second-order valence-corrected chi connectivity index (χ2v) is 5.99. The van der Waals surface area contributed by atoms with Crippen molar-refractivity contribution < 1.29 is 0 Å². The van der Waals surface area contributed by atoms with E-state index in [-0.39, 0.29) is 0 Å². The summed E-state index contributed by atoms with van der Waals surface area (Å²) < 4.78 is 1.13. The Bertz CT molecular complexity index is 496. The molecule has 0 aliphatic carbocycles. The number of hydrogen-bond donors (Lipinski definition) is 1. The van der Waals surface area contributed by atoms with E-state index in [4.69, 9.17) is 5.73 Å². The lowest BCUT2D eigenvalue weighted by molar-refractivity contribution is 0.775. The molecule has 0 radical (unpaired) electrons. The Labute approximate surface area is 122 Å². The number of anilines is 2. The first-order valence-corrected chi connectivity index (χ1v) is 7.37. The Morgan fingerprint density at radius 2 is 1.68 bits per heavy atom. The number of benzene rings is 2. The van der Waals surface area contributed by atoms with Crippen LogP contribution in [0.3, 0.4) is 0 Å². The van der Waals surface area contributed by atoms with Crippen molar-refractivity contribution in [1.82, 2.24) is 0 Å². The first-order valence-electron chi connectivity index (χ1n) is 6.58. The molecule has 1 aliphatic rings. The van der Waals surface area contributed by atoms with Crippen LogP contribution in [-0.4, -0.2) is 13.1 Å². The zero-order valence-corrected chi connectivity index (χ0v) is 12.3. The van der Waals surface area contributed by atoms with E-state index in [1.807, 2.05) is 12.1 Å². The van der Waals surface area contributed by atoms with Crippen molar-refractivity contribution in [3.63, 3.8) is 0 Å². The third-order valence-electron chi connectivity index (χ3n) is 3.79. The minimum absolute atomic E-state index is 0.615. The van der Waals surface area contributed by atoms with E-state index >= 15 is 0 Å². The first-order chi connectivity index (χ1) is 9.22. The van der Waals surface area contributed by atoms with Crippen LogP contribution >= 0.6 is 15.9 Å². The highest BCUT2D eigenvalue weighted by molar-refractivity contribution is 9.10. The van der Waals surface area contributed by atoms with Gasteiger partial charge in [-0.3, -0.25) is 0 Å². The van der Waals surface area contributed by atoms with Crippen LogP contribution in [0.4, 0.5) is 11.4 Å². The lowest BCUT2D eigenvalue weighted by atomic mass is 9.98. The topological polar surface area (TPSA) is 29.3 Å². The number of nitrogens with two attached hydrogens (primary N) is 1. The normalized spacial score (nSPS) is 18.8. The molecule has 3 heteroatoms. The van der Waals surface area contributed by atoms with Gasteiger partial charge in [-0.25, -0.2) is 0 Å². The molecule has 0 bridgehead atoms. The molecule has 0 aromatic heterocycles. The molecule has 2 aromatic rings. The number of rotatable bonds is 2. The molecule has 19 heavy (non-hydrogen) atoms. The molecule has 1 unspecified atom stereocenters. The molecule has 0 amide bonds. The molecular weight excluding hydrogens is 300 g/mol. The number of hydrogen-bond acceptors (Lipinski definition) is 2. The molecule has 1 saturated heterocycles. The minimum atomic E-state index is 0.615. The highest BCUT2D eigenvalue weighted by atomic mass is 79.9. The summed E-state index contributed by atoms with van der Waals surface area (Å²) in [6.45, 7) is 2.21. The van der Waals surface area contributed by atoms with Crippen LogP contribution in [0.15, 0.2) is 53.0 Å². The van der Waals surface area contributed by atoms with E-state index in [2.05, 4.69) is 57.2 Å². The van der Waals surface area contributed by atoms with Crippen molar-refractivity contribution in [2.75, 3.05) is 23.7 Å². The summed E-state index contributed by atoms with van der Waals surface area (Å²) in [5, 5.41) is 0. The molecule has 1 atom stereocenters. The highest BCUT2D eigenvalue weighted by Gasteiger charge is 2.23. The summed E-state index contributed by atoms with van der Waals surface area (Å²) in [4.78, 5) is 2.45. The predicted molar refractivity (Wildman–Crippen MR) is 84.6 cm³/mol. The third-order valence-corrected chi connectivity index (χ3v) is 4.32. The van der Waals surface area contributed by atoms with Crippen molar-refractivity contribution in [3.8, 4) is 0 Å². The average Bonchev–Trinajstić information content (AvgIpc) is 2.90. The molecule has 1 aliphatic heterocycles. The summed E-state index contributed by atoms with van der Waals surface area (Å²) in [5.41, 5.74) is 9.29. The van der Waals surface area contributed by atoms with Gasteiger partial charge in [0.05, 0.1) is 0 Å². The maximum Gasteiger partial charge on any atom is 0.0367 e. The van der Waals surface area contributed by atoms with Crippen molar-refractivity contribution in [1.29, 1.82) is 0 Å². The van der Waals surface area contributed by atoms with E-state index in [0.717, 1.165) is 23.2 Å². The lowest BCUT2D eigenvalue weighted by Gasteiger charge is -2.19. The van der Waals surface area contributed by atoms with E-state index in [1.165, 1.54) is 17.7 Å². The van der Waals surface area contributed by atoms with Gasteiger partial charge in [0.25, 0.3) is 0 Å². The quantitative estimate of drug-likeness (QED) is 0.848. The molecule has 98 valence electrons. The smallest absolute Gasteiger partial charge is 0.0367 e. The summed E-state index contributed by atoms with van der Waals surface area (Å²) >= 11 is 3.48. The molecule has 0 spiro atoms. The molecule has 3 rings (SSSR count). The second kappa shape index (κ2) is 5.25. The molecule has 1 fully saturated rings. The minimum Gasteiger partial charge on any atom is -0.399 e. The van der Waals surface area contributed by atoms with Gasteiger partial charge in [0, 0.05) is 34.9 Å². The molecule has 2 nitrogen and oxygen atoms in total. The summed E-state index contributed by atoms with van der Waals surface area (Å²) in [5.74, 6) is 0.615. The van der Waals surface area contributed by atoms with Crippen LogP contribution in [-0.2, 0) is 0 Å². The van der Waals surface area contributed by atoms with Crippen LogP contribution in [0.5, 0.6) is 0 Å². The Kier molecular flexibility index (Phi) is 3.47. The fourth-order valence-electron chi connectivity index (χ4n) is 2.69. The highest BCUT2D eigenvalue weighted by Crippen LogP contribution is 2.31. The lowest BCUT2D eigenvalue weighted by Crippen LogP contribution is -2.18. The maximum atomic E-state index is 5.74. The summed E-state index contributed by atoms with van der Waals surface area (Å²) in [6.07, 6.45) is 1.21. The van der Waals surface area contributed by atoms with Gasteiger partial charge in [0.1, 0.15) is 0 Å². The van der Waals surface area contributed by atoms with Crippen LogP contribution in [0, 0.1) is 0 Å². The Balaban J connectivity index is 1.73. The van der Waals surface area contributed by atoms with Gasteiger partial charge < -0.3 is 10.6 Å². The van der Waals surface area contributed by atoms with Crippen molar-refractivity contribution in [2.24, 2.45) is 0 Å². The van der Waals surface area contributed by atoms with Gasteiger partial charge in [-0.15, -0.1) is 0 Å². The second-order valence-electron chi connectivity index (χ2n) is 5.07. The molecule has 2 N–H and O–H groups in total. The number of nitrogen functional groups attached to an aromatic ring is 1. The van der Waals surface area contributed by atoms with Gasteiger partial charge in [-0.2, -0.15) is 0 Å². The van der Waals surface area contributed by atoms with Crippen molar-refractivity contribution >= 4 is 27.3 Å². The van der Waals surface area contributed by atoms with Crippen molar-refractivity contribution in [3.05, 3.63) is 58.6 Å². The first kappa shape index (κ1) is 12.5. The van der Waals surface area contributed by atoms with Crippen LogP contribution in [0.2, 0.25) is 0 Å². The van der Waals surface area contributed by atoms with Crippen LogP contribution in [0.25, 0.3) is 0 Å². The zero-order valence-electron chi connectivity index (χ0n) is 10.7. The predicted octanol–water partition coefficient (Wildman–Crippen LogP) is 4.03. The van der Waals surface area contributed by atoms with E-state index in [9.17, 15) is 0 Å². The van der Waals surface area contributed by atoms with Crippen LogP contribution < -0.4 is 10.6 Å².